The number of thiophene rings is 1. The number of thioether (sulfide) groups is 1. The van der Waals surface area contributed by atoms with Crippen LogP contribution in [0.3, 0.4) is 0 Å². The highest BCUT2D eigenvalue weighted by molar-refractivity contribution is 7.99. The molecule has 1 aliphatic heterocycles. The lowest BCUT2D eigenvalue weighted by Gasteiger charge is -2.30. The van der Waals surface area contributed by atoms with Gasteiger partial charge in [-0.25, -0.2) is 4.98 Å². The van der Waals surface area contributed by atoms with Gasteiger partial charge in [-0.15, -0.1) is 21.5 Å². The highest BCUT2D eigenvalue weighted by atomic mass is 32.2. The normalized spacial score (nSPS) is 16.4. The van der Waals surface area contributed by atoms with E-state index < -0.39 is 0 Å². The van der Waals surface area contributed by atoms with E-state index in [0.717, 1.165) is 34.5 Å². The minimum atomic E-state index is -0.374. The SMILES string of the molecule is CCc1nc2sc3c(c2c2nnc(SCC(N)=O)n12)CC(C)(C)OC3. The van der Waals surface area contributed by atoms with Crippen LogP contribution < -0.4 is 5.73 Å². The van der Waals surface area contributed by atoms with Crippen molar-refractivity contribution >= 4 is 44.9 Å². The lowest BCUT2D eigenvalue weighted by atomic mass is 9.94. The molecule has 0 spiro atoms. The van der Waals surface area contributed by atoms with Crippen LogP contribution in [0.5, 0.6) is 0 Å². The van der Waals surface area contributed by atoms with Crippen molar-refractivity contribution in [3.8, 4) is 0 Å². The lowest BCUT2D eigenvalue weighted by molar-refractivity contribution is -0.115. The first-order valence-electron chi connectivity index (χ1n) is 8.13. The Labute approximate surface area is 153 Å². The average molecular weight is 377 g/mol. The van der Waals surface area contributed by atoms with Crippen LogP contribution in [0.25, 0.3) is 15.9 Å². The predicted octanol–water partition coefficient (Wildman–Crippen LogP) is 2.33. The van der Waals surface area contributed by atoms with Crippen LogP contribution in [-0.2, 0) is 29.0 Å². The number of carbonyl (C=O) groups is 1. The number of nitrogens with two attached hydrogens (primary N) is 1. The second kappa shape index (κ2) is 5.93. The summed E-state index contributed by atoms with van der Waals surface area (Å²) in [5.41, 5.74) is 7.14. The van der Waals surface area contributed by atoms with E-state index in [1.54, 1.807) is 11.3 Å². The Morgan fingerprint density at radius 1 is 1.44 bits per heavy atom. The summed E-state index contributed by atoms with van der Waals surface area (Å²) < 4.78 is 7.91. The van der Waals surface area contributed by atoms with Gasteiger partial charge in [-0.2, -0.15) is 0 Å². The van der Waals surface area contributed by atoms with E-state index in [0.29, 0.717) is 11.8 Å². The van der Waals surface area contributed by atoms with Gasteiger partial charge < -0.3 is 10.5 Å². The van der Waals surface area contributed by atoms with Crippen LogP contribution in [0, 0.1) is 0 Å². The topological polar surface area (TPSA) is 95.4 Å². The molecular weight excluding hydrogens is 358 g/mol. The molecule has 0 unspecified atom stereocenters. The minimum absolute atomic E-state index is 0.171. The summed E-state index contributed by atoms with van der Waals surface area (Å²) in [5, 5.41) is 10.4. The third kappa shape index (κ3) is 2.80. The molecule has 0 aromatic carbocycles. The van der Waals surface area contributed by atoms with Crippen molar-refractivity contribution in [3.05, 3.63) is 16.3 Å². The third-order valence-corrected chi connectivity index (χ3v) is 6.32. The Kier molecular flexibility index (Phi) is 3.97. The number of aromatic nitrogens is 4. The van der Waals surface area contributed by atoms with Crippen molar-refractivity contribution in [1.82, 2.24) is 19.6 Å². The molecule has 132 valence electrons. The summed E-state index contributed by atoms with van der Waals surface area (Å²) >= 11 is 2.97. The first kappa shape index (κ1) is 16.7. The number of carbonyl (C=O) groups excluding carboxylic acids is 1. The number of aryl methyl sites for hydroxylation is 1. The van der Waals surface area contributed by atoms with Crippen molar-refractivity contribution in [1.29, 1.82) is 0 Å². The molecule has 1 aliphatic rings. The second-order valence-corrected chi connectivity index (χ2v) is 8.71. The van der Waals surface area contributed by atoms with E-state index in [1.807, 2.05) is 4.40 Å². The minimum Gasteiger partial charge on any atom is -0.370 e. The number of primary amides is 1. The molecule has 0 saturated carbocycles. The van der Waals surface area contributed by atoms with E-state index in [2.05, 4.69) is 31.0 Å². The standard InChI is InChI=1S/C16H19N5O2S2/c1-4-11-18-14-12(8-5-16(2,3)23-6-9(8)25-14)13-19-20-15(21(11)13)24-7-10(17)22/h4-7H2,1-3H3,(H2,17,22). The Hall–Kier alpha value is -1.71. The van der Waals surface area contributed by atoms with Gasteiger partial charge in [-0.05, 0) is 19.4 Å². The predicted molar refractivity (Wildman–Crippen MR) is 98.0 cm³/mol. The van der Waals surface area contributed by atoms with Crippen molar-refractivity contribution in [3.63, 3.8) is 0 Å². The molecule has 3 aromatic heterocycles. The lowest BCUT2D eigenvalue weighted by Crippen LogP contribution is -2.31. The molecule has 0 aliphatic carbocycles. The molecular formula is C16H19N5O2S2. The molecule has 4 rings (SSSR count). The van der Waals surface area contributed by atoms with Crippen LogP contribution in [0.1, 0.15) is 37.0 Å². The van der Waals surface area contributed by atoms with Crippen molar-refractivity contribution in [2.45, 2.75) is 51.0 Å². The molecule has 0 bridgehead atoms. The number of ether oxygens (including phenoxy) is 1. The van der Waals surface area contributed by atoms with Crippen LogP contribution in [0.2, 0.25) is 0 Å². The van der Waals surface area contributed by atoms with Crippen LogP contribution in [0.4, 0.5) is 0 Å². The van der Waals surface area contributed by atoms with Crippen molar-refractivity contribution in [2.24, 2.45) is 5.73 Å². The van der Waals surface area contributed by atoms with E-state index in [9.17, 15) is 4.79 Å². The fourth-order valence-corrected chi connectivity index (χ4v) is 4.95. The van der Waals surface area contributed by atoms with Crippen LogP contribution in [0.15, 0.2) is 5.16 Å². The Morgan fingerprint density at radius 2 is 2.24 bits per heavy atom. The highest BCUT2D eigenvalue weighted by Gasteiger charge is 2.31. The zero-order chi connectivity index (χ0) is 17.8. The summed E-state index contributed by atoms with van der Waals surface area (Å²) in [7, 11) is 0. The Balaban J connectivity index is 1.96. The van der Waals surface area contributed by atoms with Gasteiger partial charge in [0.25, 0.3) is 0 Å². The zero-order valence-corrected chi connectivity index (χ0v) is 16.0. The van der Waals surface area contributed by atoms with E-state index >= 15 is 0 Å². The van der Waals surface area contributed by atoms with Gasteiger partial charge in [0.1, 0.15) is 10.7 Å². The van der Waals surface area contributed by atoms with Gasteiger partial charge in [0.05, 0.1) is 23.3 Å². The van der Waals surface area contributed by atoms with Crippen molar-refractivity contribution in [2.75, 3.05) is 5.75 Å². The zero-order valence-electron chi connectivity index (χ0n) is 14.3. The van der Waals surface area contributed by atoms with Gasteiger partial charge in [0.2, 0.25) is 5.91 Å². The maximum atomic E-state index is 11.1. The van der Waals surface area contributed by atoms with Gasteiger partial charge in [0, 0.05) is 17.7 Å². The first-order chi connectivity index (χ1) is 11.9. The largest absolute Gasteiger partial charge is 0.370 e. The molecule has 4 heterocycles. The summed E-state index contributed by atoms with van der Waals surface area (Å²) in [6.45, 7) is 6.86. The molecule has 9 heteroatoms. The Morgan fingerprint density at radius 3 is 2.96 bits per heavy atom. The monoisotopic (exact) mass is 377 g/mol. The third-order valence-electron chi connectivity index (χ3n) is 4.27. The fourth-order valence-electron chi connectivity index (χ4n) is 3.15. The number of fused-ring (bicyclic) bond motifs is 5. The maximum absolute atomic E-state index is 11.1. The molecule has 0 saturated heterocycles. The fraction of sp³-hybridized carbons (Fsp3) is 0.500. The highest BCUT2D eigenvalue weighted by Crippen LogP contribution is 2.40. The van der Waals surface area contributed by atoms with Gasteiger partial charge >= 0.3 is 0 Å². The molecule has 25 heavy (non-hydrogen) atoms. The maximum Gasteiger partial charge on any atom is 0.227 e. The molecule has 2 N–H and O–H groups in total. The van der Waals surface area contributed by atoms with Crippen molar-refractivity contribution < 1.29 is 9.53 Å². The molecule has 0 radical (unpaired) electrons. The van der Waals surface area contributed by atoms with E-state index in [1.165, 1.54) is 22.2 Å². The molecule has 1 amide bonds. The number of amides is 1. The first-order valence-corrected chi connectivity index (χ1v) is 9.93. The summed E-state index contributed by atoms with van der Waals surface area (Å²) in [6, 6.07) is 0. The van der Waals surface area contributed by atoms with E-state index in [4.69, 9.17) is 15.5 Å². The summed E-state index contributed by atoms with van der Waals surface area (Å²) in [4.78, 5) is 18.2. The summed E-state index contributed by atoms with van der Waals surface area (Å²) in [6.07, 6.45) is 1.57. The number of hydrogen-bond donors (Lipinski definition) is 1. The number of rotatable bonds is 4. The van der Waals surface area contributed by atoms with Gasteiger partial charge in [-0.3, -0.25) is 9.20 Å². The number of nitrogens with zero attached hydrogens (tertiary/aromatic N) is 4. The van der Waals surface area contributed by atoms with Gasteiger partial charge in [0.15, 0.2) is 10.8 Å². The van der Waals surface area contributed by atoms with Crippen LogP contribution in [-0.4, -0.2) is 36.8 Å². The molecule has 0 atom stereocenters. The summed E-state index contributed by atoms with van der Waals surface area (Å²) in [5.74, 6) is 0.684. The average Bonchev–Trinajstić information content (AvgIpc) is 3.11. The quantitative estimate of drug-likeness (QED) is 0.701. The smallest absolute Gasteiger partial charge is 0.227 e. The number of hydrogen-bond acceptors (Lipinski definition) is 7. The van der Waals surface area contributed by atoms with E-state index in [-0.39, 0.29) is 17.3 Å². The van der Waals surface area contributed by atoms with Gasteiger partial charge in [-0.1, -0.05) is 18.7 Å². The molecule has 3 aromatic rings. The molecule has 0 fully saturated rings. The van der Waals surface area contributed by atoms with Crippen LogP contribution >= 0.6 is 23.1 Å². The second-order valence-electron chi connectivity index (χ2n) is 6.69. The Bertz CT molecular complexity index is 992. The molecule has 7 nitrogen and oxygen atoms in total.